The number of nitrogens with zero attached hydrogens (tertiary/aromatic N) is 4. The number of fused-ring (bicyclic) bond motifs is 1. The highest BCUT2D eigenvalue weighted by molar-refractivity contribution is 14.0. The van der Waals surface area contributed by atoms with E-state index >= 15 is 0 Å². The van der Waals surface area contributed by atoms with Gasteiger partial charge in [0, 0.05) is 59.5 Å². The van der Waals surface area contributed by atoms with E-state index in [2.05, 4.69) is 20.1 Å². The Balaban J connectivity index is 0.00000256. The molecule has 0 spiro atoms. The van der Waals surface area contributed by atoms with Gasteiger partial charge in [0.05, 0.1) is 17.7 Å². The molecule has 164 valence electrons. The third kappa shape index (κ3) is 4.94. The highest BCUT2D eigenvalue weighted by Gasteiger charge is 2.34. The maximum atomic E-state index is 12.5. The number of amides is 2. The predicted octanol–water partition coefficient (Wildman–Crippen LogP) is 1.13. The molecule has 1 aromatic rings. The first kappa shape index (κ1) is 23.0. The van der Waals surface area contributed by atoms with Gasteiger partial charge in [-0.1, -0.05) is 12.1 Å². The number of carbonyl (C=O) groups is 2. The second kappa shape index (κ2) is 10.5. The number of benzene rings is 1. The van der Waals surface area contributed by atoms with Crippen molar-refractivity contribution in [3.05, 3.63) is 35.4 Å². The maximum Gasteiger partial charge on any atom is 0.261 e. The van der Waals surface area contributed by atoms with E-state index in [0.29, 0.717) is 30.1 Å². The van der Waals surface area contributed by atoms with Gasteiger partial charge in [0.15, 0.2) is 5.96 Å². The number of piperazine rings is 1. The number of guanidine groups is 1. The van der Waals surface area contributed by atoms with E-state index in [1.165, 1.54) is 11.3 Å². The Kier molecular flexibility index (Phi) is 8.06. The molecule has 1 aromatic carbocycles. The van der Waals surface area contributed by atoms with Gasteiger partial charge < -0.3 is 15.0 Å². The number of hydrogen-bond donors (Lipinski definition) is 1. The number of rotatable bonds is 5. The fourth-order valence-corrected chi connectivity index (χ4v) is 4.29. The molecule has 1 atom stereocenters. The molecule has 1 unspecified atom stereocenters. The number of aliphatic imine (C=N–C) groups is 1. The van der Waals surface area contributed by atoms with Gasteiger partial charge in [-0.05, 0) is 24.5 Å². The van der Waals surface area contributed by atoms with Crippen LogP contribution in [0.3, 0.4) is 0 Å². The molecule has 3 heterocycles. The fourth-order valence-electron chi connectivity index (χ4n) is 4.29. The standard InChI is InChI=1S/C21H29N5O3.HI/c1-22-21(25-11-9-24(10-12-25)14-16-6-13-29-15-16)23-7-8-26-19(27)17-4-2-3-5-18(17)20(26)28;/h2-5,16H,6-15H2,1H3,(H,22,23);1H. The van der Waals surface area contributed by atoms with Crippen molar-refractivity contribution >= 4 is 41.8 Å². The van der Waals surface area contributed by atoms with Crippen LogP contribution in [-0.4, -0.2) is 98.5 Å². The van der Waals surface area contributed by atoms with Crippen molar-refractivity contribution in [3.8, 4) is 0 Å². The topological polar surface area (TPSA) is 77.5 Å². The van der Waals surface area contributed by atoms with Gasteiger partial charge in [0.25, 0.3) is 11.8 Å². The number of nitrogens with one attached hydrogen (secondary N) is 1. The van der Waals surface area contributed by atoms with Crippen molar-refractivity contribution in [2.45, 2.75) is 6.42 Å². The molecule has 2 fully saturated rings. The fraction of sp³-hybridized carbons (Fsp3) is 0.571. The van der Waals surface area contributed by atoms with E-state index < -0.39 is 0 Å². The van der Waals surface area contributed by atoms with Crippen molar-refractivity contribution in [3.63, 3.8) is 0 Å². The number of imide groups is 1. The Morgan fingerprint density at radius 3 is 2.37 bits per heavy atom. The largest absolute Gasteiger partial charge is 0.381 e. The third-order valence-corrected chi connectivity index (χ3v) is 5.92. The lowest BCUT2D eigenvalue weighted by Gasteiger charge is -2.37. The van der Waals surface area contributed by atoms with Crippen molar-refractivity contribution in [2.75, 3.05) is 66.1 Å². The minimum Gasteiger partial charge on any atom is -0.381 e. The van der Waals surface area contributed by atoms with Crippen LogP contribution in [0.25, 0.3) is 0 Å². The minimum absolute atomic E-state index is 0. The number of ether oxygens (including phenoxy) is 1. The first-order valence-corrected chi connectivity index (χ1v) is 10.4. The molecule has 0 bridgehead atoms. The zero-order chi connectivity index (χ0) is 20.2. The van der Waals surface area contributed by atoms with E-state index in [1.807, 2.05) is 0 Å². The third-order valence-electron chi connectivity index (χ3n) is 5.92. The maximum absolute atomic E-state index is 12.5. The predicted molar refractivity (Wildman–Crippen MR) is 126 cm³/mol. The van der Waals surface area contributed by atoms with Gasteiger partial charge in [0.1, 0.15) is 0 Å². The van der Waals surface area contributed by atoms with Crippen LogP contribution in [0, 0.1) is 5.92 Å². The van der Waals surface area contributed by atoms with Crippen LogP contribution in [0.5, 0.6) is 0 Å². The number of halogens is 1. The molecular weight excluding hydrogens is 497 g/mol. The highest BCUT2D eigenvalue weighted by Crippen LogP contribution is 2.21. The van der Waals surface area contributed by atoms with Crippen LogP contribution in [0.4, 0.5) is 0 Å². The summed E-state index contributed by atoms with van der Waals surface area (Å²) >= 11 is 0. The smallest absolute Gasteiger partial charge is 0.261 e. The lowest BCUT2D eigenvalue weighted by molar-refractivity contribution is 0.0656. The quantitative estimate of drug-likeness (QED) is 0.268. The zero-order valence-corrected chi connectivity index (χ0v) is 19.7. The average molecular weight is 527 g/mol. The summed E-state index contributed by atoms with van der Waals surface area (Å²) in [5, 5.41) is 3.31. The molecule has 2 amide bonds. The summed E-state index contributed by atoms with van der Waals surface area (Å²) in [4.78, 5) is 35.3. The van der Waals surface area contributed by atoms with Gasteiger partial charge in [-0.2, -0.15) is 0 Å². The van der Waals surface area contributed by atoms with Crippen LogP contribution in [0.2, 0.25) is 0 Å². The molecule has 0 aliphatic carbocycles. The zero-order valence-electron chi connectivity index (χ0n) is 17.4. The molecule has 3 aliphatic heterocycles. The van der Waals surface area contributed by atoms with Crippen LogP contribution >= 0.6 is 24.0 Å². The van der Waals surface area contributed by atoms with E-state index in [0.717, 1.165) is 51.9 Å². The van der Waals surface area contributed by atoms with Crippen molar-refractivity contribution in [1.29, 1.82) is 0 Å². The van der Waals surface area contributed by atoms with E-state index in [9.17, 15) is 9.59 Å². The summed E-state index contributed by atoms with van der Waals surface area (Å²) in [5.41, 5.74) is 0.983. The summed E-state index contributed by atoms with van der Waals surface area (Å²) in [6, 6.07) is 6.98. The Morgan fingerprint density at radius 2 is 1.80 bits per heavy atom. The number of carbonyl (C=O) groups excluding carboxylic acids is 2. The summed E-state index contributed by atoms with van der Waals surface area (Å²) in [7, 11) is 1.77. The summed E-state index contributed by atoms with van der Waals surface area (Å²) in [6.45, 7) is 7.56. The molecule has 30 heavy (non-hydrogen) atoms. The number of hydrogen-bond acceptors (Lipinski definition) is 5. The van der Waals surface area contributed by atoms with Crippen molar-refractivity contribution in [1.82, 2.24) is 20.0 Å². The van der Waals surface area contributed by atoms with Crippen molar-refractivity contribution in [2.24, 2.45) is 10.9 Å². The monoisotopic (exact) mass is 527 g/mol. The lowest BCUT2D eigenvalue weighted by Crippen LogP contribution is -2.54. The highest BCUT2D eigenvalue weighted by atomic mass is 127. The minimum atomic E-state index is -0.216. The van der Waals surface area contributed by atoms with Gasteiger partial charge in [0.2, 0.25) is 0 Å². The molecular formula is C21H30IN5O3. The first-order valence-electron chi connectivity index (χ1n) is 10.4. The summed E-state index contributed by atoms with van der Waals surface area (Å²) in [6.07, 6.45) is 1.17. The first-order chi connectivity index (χ1) is 14.2. The SMILES string of the molecule is CN=C(NCCN1C(=O)c2ccccc2C1=O)N1CCN(CC2CCOC2)CC1.I. The lowest BCUT2D eigenvalue weighted by atomic mass is 10.1. The second-order valence-corrected chi connectivity index (χ2v) is 7.80. The average Bonchev–Trinajstić information content (AvgIpc) is 3.34. The Hall–Kier alpha value is -1.72. The molecule has 1 N–H and O–H groups in total. The van der Waals surface area contributed by atoms with E-state index in [4.69, 9.17) is 4.74 Å². The normalized spacial score (nSPS) is 22.3. The molecule has 0 radical (unpaired) electrons. The second-order valence-electron chi connectivity index (χ2n) is 7.80. The molecule has 0 saturated carbocycles. The molecule has 2 saturated heterocycles. The van der Waals surface area contributed by atoms with Gasteiger partial charge >= 0.3 is 0 Å². The molecule has 4 rings (SSSR count). The van der Waals surface area contributed by atoms with Crippen LogP contribution in [0.15, 0.2) is 29.3 Å². The summed E-state index contributed by atoms with van der Waals surface area (Å²) in [5.74, 6) is 1.06. The Morgan fingerprint density at radius 1 is 1.13 bits per heavy atom. The molecule has 0 aromatic heterocycles. The van der Waals surface area contributed by atoms with E-state index in [1.54, 1.807) is 31.3 Å². The Bertz CT molecular complexity index is 754. The molecule has 9 heteroatoms. The van der Waals surface area contributed by atoms with Crippen molar-refractivity contribution < 1.29 is 14.3 Å². The van der Waals surface area contributed by atoms with Gasteiger partial charge in [-0.3, -0.25) is 24.4 Å². The summed E-state index contributed by atoms with van der Waals surface area (Å²) < 4.78 is 5.48. The molecule has 3 aliphatic rings. The molecule has 8 nitrogen and oxygen atoms in total. The van der Waals surface area contributed by atoms with Crippen LogP contribution < -0.4 is 5.32 Å². The van der Waals surface area contributed by atoms with Crippen LogP contribution in [-0.2, 0) is 4.74 Å². The van der Waals surface area contributed by atoms with E-state index in [-0.39, 0.29) is 35.8 Å². The van der Waals surface area contributed by atoms with Crippen LogP contribution in [0.1, 0.15) is 27.1 Å². The van der Waals surface area contributed by atoms with Gasteiger partial charge in [-0.25, -0.2) is 0 Å². The van der Waals surface area contributed by atoms with Gasteiger partial charge in [-0.15, -0.1) is 24.0 Å². The Labute approximate surface area is 194 Å².